The standard InChI is InChI=1S/C13H15ClN2O2/c1-18-9-8-16(7-3-6-15)13(17)11-4-2-5-12(14)10-11/h2,4-5,10H,3,7-9H2,1H3. The molecule has 0 atom stereocenters. The van der Waals surface area contributed by atoms with Crippen LogP contribution in [0.1, 0.15) is 16.8 Å². The monoisotopic (exact) mass is 266 g/mol. The van der Waals surface area contributed by atoms with Crippen molar-refractivity contribution in [1.82, 2.24) is 4.90 Å². The van der Waals surface area contributed by atoms with Crippen molar-refractivity contribution < 1.29 is 9.53 Å². The quantitative estimate of drug-likeness (QED) is 0.794. The lowest BCUT2D eigenvalue weighted by atomic mass is 10.2. The third-order valence-electron chi connectivity index (χ3n) is 2.42. The smallest absolute Gasteiger partial charge is 0.254 e. The molecule has 1 amide bonds. The average Bonchev–Trinajstić information content (AvgIpc) is 2.38. The largest absolute Gasteiger partial charge is 0.383 e. The van der Waals surface area contributed by atoms with Crippen LogP contribution in [0.4, 0.5) is 0 Å². The van der Waals surface area contributed by atoms with E-state index in [2.05, 4.69) is 0 Å². The van der Waals surface area contributed by atoms with E-state index >= 15 is 0 Å². The van der Waals surface area contributed by atoms with E-state index in [0.717, 1.165) is 0 Å². The molecule has 1 aromatic rings. The minimum atomic E-state index is -0.134. The van der Waals surface area contributed by atoms with Crippen molar-refractivity contribution in [3.05, 3.63) is 34.9 Å². The van der Waals surface area contributed by atoms with E-state index in [1.54, 1.807) is 36.3 Å². The lowest BCUT2D eigenvalue weighted by Gasteiger charge is -2.21. The van der Waals surface area contributed by atoms with Gasteiger partial charge in [-0.3, -0.25) is 4.79 Å². The van der Waals surface area contributed by atoms with Crippen molar-refractivity contribution in [1.29, 1.82) is 5.26 Å². The molecule has 0 saturated carbocycles. The van der Waals surface area contributed by atoms with E-state index in [1.165, 1.54) is 0 Å². The Morgan fingerprint density at radius 1 is 1.50 bits per heavy atom. The molecule has 0 fully saturated rings. The van der Waals surface area contributed by atoms with Crippen LogP contribution < -0.4 is 0 Å². The van der Waals surface area contributed by atoms with Gasteiger partial charge in [0.25, 0.3) is 5.91 Å². The Balaban J connectivity index is 2.77. The maximum atomic E-state index is 12.2. The first-order chi connectivity index (χ1) is 8.69. The first kappa shape index (κ1) is 14.5. The van der Waals surface area contributed by atoms with Gasteiger partial charge in [0.15, 0.2) is 0 Å². The fourth-order valence-electron chi connectivity index (χ4n) is 1.51. The number of methoxy groups -OCH3 is 1. The summed E-state index contributed by atoms with van der Waals surface area (Å²) in [6.07, 6.45) is 0.302. The van der Waals surface area contributed by atoms with Gasteiger partial charge in [0, 0.05) is 30.8 Å². The number of carbonyl (C=O) groups is 1. The number of benzene rings is 1. The Hall–Kier alpha value is -1.57. The Morgan fingerprint density at radius 2 is 2.28 bits per heavy atom. The van der Waals surface area contributed by atoms with Gasteiger partial charge in [-0.05, 0) is 18.2 Å². The maximum absolute atomic E-state index is 12.2. The molecule has 5 heteroatoms. The molecule has 0 radical (unpaired) electrons. The second kappa shape index (κ2) is 7.70. The zero-order valence-electron chi connectivity index (χ0n) is 10.2. The van der Waals surface area contributed by atoms with Crippen LogP contribution >= 0.6 is 11.6 Å². The van der Waals surface area contributed by atoms with Crippen LogP contribution in [-0.4, -0.2) is 37.6 Å². The Morgan fingerprint density at radius 3 is 2.89 bits per heavy atom. The Labute approximate surface area is 112 Å². The number of halogens is 1. The molecule has 96 valence electrons. The van der Waals surface area contributed by atoms with E-state index in [0.29, 0.717) is 36.7 Å². The summed E-state index contributed by atoms with van der Waals surface area (Å²) in [7, 11) is 1.58. The fourth-order valence-corrected chi connectivity index (χ4v) is 1.70. The number of hydrogen-bond acceptors (Lipinski definition) is 3. The molecule has 0 aromatic heterocycles. The summed E-state index contributed by atoms with van der Waals surface area (Å²) >= 11 is 5.85. The zero-order chi connectivity index (χ0) is 13.4. The van der Waals surface area contributed by atoms with Crippen molar-refractivity contribution >= 4 is 17.5 Å². The van der Waals surface area contributed by atoms with Gasteiger partial charge >= 0.3 is 0 Å². The van der Waals surface area contributed by atoms with Gasteiger partial charge in [-0.25, -0.2) is 0 Å². The molecule has 0 heterocycles. The number of ether oxygens (including phenoxy) is 1. The maximum Gasteiger partial charge on any atom is 0.254 e. The van der Waals surface area contributed by atoms with E-state index in [-0.39, 0.29) is 5.91 Å². The van der Waals surface area contributed by atoms with Crippen molar-refractivity contribution in [2.45, 2.75) is 6.42 Å². The van der Waals surface area contributed by atoms with Crippen molar-refractivity contribution in [3.8, 4) is 6.07 Å². The average molecular weight is 267 g/mol. The van der Waals surface area contributed by atoms with Gasteiger partial charge in [-0.1, -0.05) is 17.7 Å². The van der Waals surface area contributed by atoms with Crippen LogP contribution in [0, 0.1) is 11.3 Å². The van der Waals surface area contributed by atoms with Gasteiger partial charge in [0.2, 0.25) is 0 Å². The SMILES string of the molecule is COCCN(CCC#N)C(=O)c1cccc(Cl)c1. The highest BCUT2D eigenvalue weighted by atomic mass is 35.5. The third-order valence-corrected chi connectivity index (χ3v) is 2.65. The van der Waals surface area contributed by atoms with E-state index in [9.17, 15) is 4.79 Å². The molecular formula is C13H15ClN2O2. The van der Waals surface area contributed by atoms with E-state index in [1.807, 2.05) is 6.07 Å². The number of nitrogens with zero attached hydrogens (tertiary/aromatic N) is 2. The Bertz CT molecular complexity index is 443. The number of hydrogen-bond donors (Lipinski definition) is 0. The van der Waals surface area contributed by atoms with Crippen LogP contribution in [0.5, 0.6) is 0 Å². The second-order valence-corrected chi connectivity index (χ2v) is 4.14. The number of amides is 1. The summed E-state index contributed by atoms with van der Waals surface area (Å²) in [6.45, 7) is 1.30. The first-order valence-corrected chi connectivity index (χ1v) is 5.97. The third kappa shape index (κ3) is 4.36. The van der Waals surface area contributed by atoms with Crippen LogP contribution in [0.15, 0.2) is 24.3 Å². The molecule has 1 rings (SSSR count). The number of carbonyl (C=O) groups excluding carboxylic acids is 1. The van der Waals surface area contributed by atoms with Gasteiger partial charge in [-0.2, -0.15) is 5.26 Å². The van der Waals surface area contributed by atoms with Crippen LogP contribution in [0.3, 0.4) is 0 Å². The molecule has 0 N–H and O–H groups in total. The summed E-state index contributed by atoms with van der Waals surface area (Å²) in [4.78, 5) is 13.8. The van der Waals surface area contributed by atoms with Gasteiger partial charge in [0.05, 0.1) is 19.1 Å². The molecule has 0 saturated heterocycles. The molecule has 18 heavy (non-hydrogen) atoms. The predicted molar refractivity (Wildman–Crippen MR) is 69.5 cm³/mol. The molecule has 1 aromatic carbocycles. The van der Waals surface area contributed by atoms with E-state index < -0.39 is 0 Å². The fraction of sp³-hybridized carbons (Fsp3) is 0.385. The Kier molecular flexibility index (Phi) is 6.20. The lowest BCUT2D eigenvalue weighted by molar-refractivity contribution is 0.0700. The topological polar surface area (TPSA) is 53.3 Å². The van der Waals surface area contributed by atoms with Crippen LogP contribution in [0.25, 0.3) is 0 Å². The molecule has 0 spiro atoms. The van der Waals surface area contributed by atoms with Gasteiger partial charge < -0.3 is 9.64 Å². The zero-order valence-corrected chi connectivity index (χ0v) is 11.0. The summed E-state index contributed by atoms with van der Waals surface area (Å²) in [5.74, 6) is -0.134. The number of nitriles is 1. The van der Waals surface area contributed by atoms with Gasteiger partial charge in [0.1, 0.15) is 0 Å². The summed E-state index contributed by atoms with van der Waals surface area (Å²) in [5.41, 5.74) is 0.525. The highest BCUT2D eigenvalue weighted by Crippen LogP contribution is 2.13. The summed E-state index contributed by atoms with van der Waals surface area (Å²) in [6, 6.07) is 8.81. The van der Waals surface area contributed by atoms with Crippen molar-refractivity contribution in [2.75, 3.05) is 26.8 Å². The highest BCUT2D eigenvalue weighted by Gasteiger charge is 2.15. The van der Waals surface area contributed by atoms with Crippen LogP contribution in [-0.2, 0) is 4.74 Å². The molecule has 0 unspecified atom stereocenters. The molecule has 4 nitrogen and oxygen atoms in total. The molecule has 0 bridgehead atoms. The molecular weight excluding hydrogens is 252 g/mol. The predicted octanol–water partition coefficient (Wildman–Crippen LogP) is 2.34. The molecule has 0 aliphatic rings. The molecule has 0 aliphatic carbocycles. The number of rotatable bonds is 6. The first-order valence-electron chi connectivity index (χ1n) is 5.59. The lowest BCUT2D eigenvalue weighted by Crippen LogP contribution is -2.34. The highest BCUT2D eigenvalue weighted by molar-refractivity contribution is 6.30. The molecule has 0 aliphatic heterocycles. The summed E-state index contributed by atoms with van der Waals surface area (Å²) < 4.78 is 4.96. The van der Waals surface area contributed by atoms with Gasteiger partial charge in [-0.15, -0.1) is 0 Å². The van der Waals surface area contributed by atoms with E-state index in [4.69, 9.17) is 21.6 Å². The minimum Gasteiger partial charge on any atom is -0.383 e. The summed E-state index contributed by atoms with van der Waals surface area (Å²) in [5, 5.41) is 9.12. The second-order valence-electron chi connectivity index (χ2n) is 3.70. The van der Waals surface area contributed by atoms with Crippen LogP contribution in [0.2, 0.25) is 5.02 Å². The normalized spacial score (nSPS) is 9.83. The van der Waals surface area contributed by atoms with Crippen molar-refractivity contribution in [3.63, 3.8) is 0 Å². The van der Waals surface area contributed by atoms with Crippen molar-refractivity contribution in [2.24, 2.45) is 0 Å². The minimum absolute atomic E-state index is 0.134.